The Morgan fingerprint density at radius 2 is 1.88 bits per heavy atom. The fourth-order valence-corrected chi connectivity index (χ4v) is 3.82. The Labute approximate surface area is 187 Å². The van der Waals surface area contributed by atoms with E-state index in [1.54, 1.807) is 6.20 Å². The van der Waals surface area contributed by atoms with Gasteiger partial charge in [-0.3, -0.25) is 9.78 Å². The fraction of sp³-hybridized carbons (Fsp3) is 0.364. The number of nitrogens with one attached hydrogen (secondary N) is 1. The maximum absolute atomic E-state index is 13.5. The summed E-state index contributed by atoms with van der Waals surface area (Å²) in [6, 6.07) is 3.98. The first-order valence-electron chi connectivity index (χ1n) is 10.3. The number of anilines is 2. The number of halogens is 4. The molecule has 1 atom stereocenters. The summed E-state index contributed by atoms with van der Waals surface area (Å²) in [7, 11) is 1.85. The van der Waals surface area contributed by atoms with E-state index in [-0.39, 0.29) is 24.1 Å². The van der Waals surface area contributed by atoms with E-state index in [1.807, 2.05) is 31.9 Å². The Balaban J connectivity index is 1.48. The zero-order valence-corrected chi connectivity index (χ0v) is 18.2. The molecule has 3 aromatic rings. The first-order chi connectivity index (χ1) is 15.5. The number of rotatable bonds is 5. The van der Waals surface area contributed by atoms with Gasteiger partial charge in [-0.05, 0) is 56.5 Å². The highest BCUT2D eigenvalue weighted by Gasteiger charge is 2.33. The van der Waals surface area contributed by atoms with E-state index in [0.29, 0.717) is 29.9 Å². The van der Waals surface area contributed by atoms with Crippen molar-refractivity contribution in [3.05, 3.63) is 64.5 Å². The first kappa shape index (κ1) is 22.7. The summed E-state index contributed by atoms with van der Waals surface area (Å²) in [6.45, 7) is 3.38. The standard InChI is InChI=1S/C22H22F4N6O/c1-12-20-19(31(3)13(2)21(33)28-20)9-16(27-12)5-6-17-11-32(30-29-17)10-14-8-15(23)4-7-18(14)22(24,25)26/h4,7-9,11,13H,5-6,10H2,1-3H3,(H,28,33)/t13-/m0/s1. The Morgan fingerprint density at radius 1 is 1.15 bits per heavy atom. The van der Waals surface area contributed by atoms with Gasteiger partial charge in [0.15, 0.2) is 0 Å². The Kier molecular flexibility index (Phi) is 5.81. The normalized spacial score (nSPS) is 16.0. The minimum absolute atomic E-state index is 0.0914. The molecule has 0 fully saturated rings. The van der Waals surface area contributed by atoms with Gasteiger partial charge in [-0.15, -0.1) is 5.10 Å². The van der Waals surface area contributed by atoms with Gasteiger partial charge in [0, 0.05) is 18.9 Å². The SMILES string of the molecule is Cc1nc(CCc2cn(Cc3cc(F)ccc3C(F)(F)F)nn2)cc2c1NC(=O)[C@H](C)N2C. The molecule has 1 aliphatic heterocycles. The summed E-state index contributed by atoms with van der Waals surface area (Å²) in [5, 5.41) is 10.8. The van der Waals surface area contributed by atoms with Crippen molar-refractivity contribution < 1.29 is 22.4 Å². The maximum atomic E-state index is 13.5. The number of nitrogens with zero attached hydrogens (tertiary/aromatic N) is 5. The number of fused-ring (bicyclic) bond motifs is 1. The number of aryl methyl sites for hydroxylation is 3. The quantitative estimate of drug-likeness (QED) is 0.585. The Bertz CT molecular complexity index is 1210. The lowest BCUT2D eigenvalue weighted by Crippen LogP contribution is -2.44. The lowest BCUT2D eigenvalue weighted by Gasteiger charge is -2.34. The summed E-state index contributed by atoms with van der Waals surface area (Å²) < 4.78 is 54.5. The van der Waals surface area contributed by atoms with Gasteiger partial charge in [0.05, 0.1) is 34.9 Å². The third kappa shape index (κ3) is 4.67. The zero-order valence-electron chi connectivity index (χ0n) is 18.2. The van der Waals surface area contributed by atoms with E-state index in [1.165, 1.54) is 4.68 Å². The second kappa shape index (κ2) is 8.45. The molecule has 2 aromatic heterocycles. The summed E-state index contributed by atoms with van der Waals surface area (Å²) in [5.74, 6) is -0.839. The Morgan fingerprint density at radius 3 is 2.61 bits per heavy atom. The zero-order chi connectivity index (χ0) is 23.9. The van der Waals surface area contributed by atoms with E-state index in [2.05, 4.69) is 20.6 Å². The molecule has 174 valence electrons. The van der Waals surface area contributed by atoms with Crippen LogP contribution in [0.5, 0.6) is 0 Å². The topological polar surface area (TPSA) is 75.9 Å². The van der Waals surface area contributed by atoms with Crippen LogP contribution in [0.3, 0.4) is 0 Å². The van der Waals surface area contributed by atoms with Crippen LogP contribution in [-0.4, -0.2) is 39.0 Å². The van der Waals surface area contributed by atoms with Crippen LogP contribution < -0.4 is 10.2 Å². The van der Waals surface area contributed by atoms with Crippen molar-refractivity contribution >= 4 is 17.3 Å². The molecule has 1 aromatic carbocycles. The number of likely N-dealkylation sites (N-methyl/N-ethyl adjacent to an activating group) is 1. The van der Waals surface area contributed by atoms with Crippen LogP contribution in [0.1, 0.15) is 35.1 Å². The Hall–Kier alpha value is -3.50. The van der Waals surface area contributed by atoms with Gasteiger partial charge in [0.25, 0.3) is 0 Å². The van der Waals surface area contributed by atoms with Gasteiger partial charge < -0.3 is 10.2 Å². The second-order valence-corrected chi connectivity index (χ2v) is 8.08. The van der Waals surface area contributed by atoms with Crippen LogP contribution >= 0.6 is 0 Å². The molecule has 0 spiro atoms. The summed E-state index contributed by atoms with van der Waals surface area (Å²) >= 11 is 0. The van der Waals surface area contributed by atoms with Gasteiger partial charge in [-0.2, -0.15) is 13.2 Å². The number of benzene rings is 1. The van der Waals surface area contributed by atoms with Crippen LogP contribution in [0.4, 0.5) is 28.9 Å². The number of hydrogen-bond acceptors (Lipinski definition) is 5. The average molecular weight is 462 g/mol. The van der Waals surface area contributed by atoms with E-state index in [4.69, 9.17) is 0 Å². The molecule has 0 saturated carbocycles. The van der Waals surface area contributed by atoms with Gasteiger partial charge in [-0.1, -0.05) is 5.21 Å². The highest BCUT2D eigenvalue weighted by Crippen LogP contribution is 2.34. The van der Waals surface area contributed by atoms with E-state index in [0.717, 1.165) is 29.6 Å². The van der Waals surface area contributed by atoms with Gasteiger partial charge >= 0.3 is 6.18 Å². The largest absolute Gasteiger partial charge is 0.416 e. The molecule has 7 nitrogen and oxygen atoms in total. The summed E-state index contributed by atoms with van der Waals surface area (Å²) in [5.41, 5.74) is 2.51. The van der Waals surface area contributed by atoms with Crippen molar-refractivity contribution in [1.82, 2.24) is 20.0 Å². The highest BCUT2D eigenvalue weighted by atomic mass is 19.4. The predicted molar refractivity (Wildman–Crippen MR) is 113 cm³/mol. The maximum Gasteiger partial charge on any atom is 0.416 e. The molecular formula is C22H22F4N6O. The third-order valence-electron chi connectivity index (χ3n) is 5.75. The fourth-order valence-electron chi connectivity index (χ4n) is 3.82. The van der Waals surface area contributed by atoms with Crippen molar-refractivity contribution in [3.8, 4) is 0 Å². The predicted octanol–water partition coefficient (Wildman–Crippen LogP) is 3.75. The van der Waals surface area contributed by atoms with E-state index >= 15 is 0 Å². The summed E-state index contributed by atoms with van der Waals surface area (Å²) in [6.07, 6.45) is -2.06. The van der Waals surface area contributed by atoms with Crippen LogP contribution in [-0.2, 0) is 30.4 Å². The number of pyridine rings is 1. The molecule has 1 N–H and O–H groups in total. The number of hydrogen-bond donors (Lipinski definition) is 1. The first-order valence-corrected chi connectivity index (χ1v) is 10.3. The molecule has 3 heterocycles. The molecule has 1 aliphatic rings. The second-order valence-electron chi connectivity index (χ2n) is 8.08. The monoisotopic (exact) mass is 462 g/mol. The van der Waals surface area contributed by atoms with E-state index in [9.17, 15) is 22.4 Å². The lowest BCUT2D eigenvalue weighted by atomic mass is 10.1. The third-order valence-corrected chi connectivity index (χ3v) is 5.75. The number of alkyl halides is 3. The lowest BCUT2D eigenvalue weighted by molar-refractivity contribution is -0.138. The molecule has 0 radical (unpaired) electrons. The van der Waals surface area contributed by atoms with E-state index < -0.39 is 17.6 Å². The van der Waals surface area contributed by atoms with Gasteiger partial charge in [-0.25, -0.2) is 9.07 Å². The van der Waals surface area contributed by atoms with Crippen LogP contribution in [0.25, 0.3) is 0 Å². The molecule has 0 bridgehead atoms. The molecule has 0 aliphatic carbocycles. The van der Waals surface area contributed by atoms with Crippen molar-refractivity contribution in [3.63, 3.8) is 0 Å². The van der Waals surface area contributed by atoms with Crippen LogP contribution in [0.2, 0.25) is 0 Å². The van der Waals surface area contributed by atoms with Crippen molar-refractivity contribution in [2.45, 2.75) is 45.5 Å². The molecule has 0 unspecified atom stereocenters. The molecule has 0 saturated heterocycles. The number of carbonyl (C=O) groups is 1. The van der Waals surface area contributed by atoms with Gasteiger partial charge in [0.1, 0.15) is 11.9 Å². The number of carbonyl (C=O) groups excluding carboxylic acids is 1. The molecular weight excluding hydrogens is 440 g/mol. The van der Waals surface area contributed by atoms with Gasteiger partial charge in [0.2, 0.25) is 5.91 Å². The highest BCUT2D eigenvalue weighted by molar-refractivity contribution is 6.03. The molecule has 4 rings (SSSR count). The number of amides is 1. The van der Waals surface area contributed by atoms with Crippen LogP contribution in [0.15, 0.2) is 30.5 Å². The summed E-state index contributed by atoms with van der Waals surface area (Å²) in [4.78, 5) is 18.5. The van der Waals surface area contributed by atoms with Crippen molar-refractivity contribution in [2.75, 3.05) is 17.3 Å². The minimum atomic E-state index is -4.59. The number of aromatic nitrogens is 4. The van der Waals surface area contributed by atoms with Crippen LogP contribution in [0, 0.1) is 12.7 Å². The molecule has 11 heteroatoms. The molecule has 33 heavy (non-hydrogen) atoms. The minimum Gasteiger partial charge on any atom is -0.361 e. The smallest absolute Gasteiger partial charge is 0.361 e. The average Bonchev–Trinajstić information content (AvgIpc) is 3.18. The van der Waals surface area contributed by atoms with Crippen molar-refractivity contribution in [1.29, 1.82) is 0 Å². The molecule has 1 amide bonds. The van der Waals surface area contributed by atoms with Crippen molar-refractivity contribution in [2.24, 2.45) is 0 Å².